The monoisotopic (exact) mass is 444 g/mol. The average Bonchev–Trinajstić information content (AvgIpc) is 2.79. The second-order valence-corrected chi connectivity index (χ2v) is 7.96. The van der Waals surface area contributed by atoms with E-state index in [9.17, 15) is 19.6 Å². The molecule has 0 aromatic heterocycles. The summed E-state index contributed by atoms with van der Waals surface area (Å²) < 4.78 is 5.39. The number of carbonyl (C=O) groups excluding carboxylic acids is 3. The summed E-state index contributed by atoms with van der Waals surface area (Å²) in [4.78, 5) is 38.1. The lowest BCUT2D eigenvalue weighted by Gasteiger charge is -2.15. The van der Waals surface area contributed by atoms with Gasteiger partial charge < -0.3 is 10.1 Å². The van der Waals surface area contributed by atoms with Gasteiger partial charge in [0, 0.05) is 21.0 Å². The van der Waals surface area contributed by atoms with E-state index < -0.39 is 18.0 Å². The third-order valence-corrected chi connectivity index (χ3v) is 5.68. The van der Waals surface area contributed by atoms with Crippen LogP contribution >= 0.6 is 11.8 Å². The first kappa shape index (κ1) is 22.8. The normalized spacial score (nSPS) is 11.2. The van der Waals surface area contributed by atoms with Gasteiger partial charge in [0.1, 0.15) is 6.07 Å². The van der Waals surface area contributed by atoms with Crippen molar-refractivity contribution in [2.45, 2.75) is 29.7 Å². The molecule has 0 saturated heterocycles. The molecule has 32 heavy (non-hydrogen) atoms. The number of hydrogen-bond donors (Lipinski definition) is 1. The van der Waals surface area contributed by atoms with Crippen LogP contribution in [0.15, 0.2) is 82.6 Å². The van der Waals surface area contributed by atoms with Gasteiger partial charge in [0.2, 0.25) is 0 Å². The molecule has 0 heterocycles. The maximum Gasteiger partial charge on any atom is 0.340 e. The first-order chi connectivity index (χ1) is 15.4. The minimum atomic E-state index is -1.06. The van der Waals surface area contributed by atoms with E-state index in [-0.39, 0.29) is 5.78 Å². The van der Waals surface area contributed by atoms with Gasteiger partial charge in [-0.2, -0.15) is 5.26 Å². The van der Waals surface area contributed by atoms with Gasteiger partial charge >= 0.3 is 5.97 Å². The van der Waals surface area contributed by atoms with E-state index in [2.05, 4.69) is 11.4 Å². The number of ketones is 1. The number of amides is 1. The number of hydrogen-bond acceptors (Lipinski definition) is 6. The third-order valence-electron chi connectivity index (χ3n) is 4.52. The Labute approximate surface area is 190 Å². The second kappa shape index (κ2) is 10.4. The minimum absolute atomic E-state index is 0.118. The van der Waals surface area contributed by atoms with Crippen molar-refractivity contribution in [1.29, 1.82) is 5.26 Å². The SMILES string of the molecule is CC(=O)c1cccc(NC(=O)[C@@H](C)OC(=O)c2ccccc2Sc2ccccc2C#N)c1. The highest BCUT2D eigenvalue weighted by atomic mass is 32.2. The molecular weight excluding hydrogens is 424 g/mol. The molecule has 0 unspecified atom stereocenters. The molecular formula is C25H20N2O4S. The molecule has 0 spiro atoms. The van der Waals surface area contributed by atoms with Crippen LogP contribution in [0.4, 0.5) is 5.69 Å². The van der Waals surface area contributed by atoms with Crippen molar-refractivity contribution in [1.82, 2.24) is 0 Å². The van der Waals surface area contributed by atoms with Crippen molar-refractivity contribution >= 4 is 35.1 Å². The highest BCUT2D eigenvalue weighted by molar-refractivity contribution is 7.99. The van der Waals surface area contributed by atoms with Gasteiger partial charge in [0.25, 0.3) is 5.91 Å². The van der Waals surface area contributed by atoms with E-state index >= 15 is 0 Å². The second-order valence-electron chi connectivity index (χ2n) is 6.88. The van der Waals surface area contributed by atoms with Gasteiger partial charge in [0.05, 0.1) is 11.1 Å². The van der Waals surface area contributed by atoms with E-state index in [0.717, 1.165) is 0 Å². The van der Waals surface area contributed by atoms with E-state index in [1.54, 1.807) is 66.7 Å². The maximum absolute atomic E-state index is 12.8. The number of anilines is 1. The van der Waals surface area contributed by atoms with E-state index in [1.165, 1.54) is 25.6 Å². The molecule has 0 bridgehead atoms. The first-order valence-electron chi connectivity index (χ1n) is 9.78. The fraction of sp³-hybridized carbons (Fsp3) is 0.120. The van der Waals surface area contributed by atoms with Crippen LogP contribution in [0.3, 0.4) is 0 Å². The largest absolute Gasteiger partial charge is 0.449 e. The van der Waals surface area contributed by atoms with Gasteiger partial charge in [0.15, 0.2) is 11.9 Å². The zero-order chi connectivity index (χ0) is 23.1. The Hall–Kier alpha value is -3.89. The smallest absolute Gasteiger partial charge is 0.340 e. The molecule has 0 aliphatic heterocycles. The van der Waals surface area contributed by atoms with Crippen LogP contribution in [0, 0.1) is 11.3 Å². The molecule has 0 fully saturated rings. The van der Waals surface area contributed by atoms with Gasteiger partial charge in [-0.15, -0.1) is 0 Å². The molecule has 1 N–H and O–H groups in total. The number of nitrogens with zero attached hydrogens (tertiary/aromatic N) is 1. The number of nitrogens with one attached hydrogen (secondary N) is 1. The average molecular weight is 445 g/mol. The number of esters is 1. The summed E-state index contributed by atoms with van der Waals surface area (Å²) in [6.07, 6.45) is -1.06. The quantitative estimate of drug-likeness (QED) is 0.402. The molecule has 0 aliphatic carbocycles. The highest BCUT2D eigenvalue weighted by Gasteiger charge is 2.21. The third kappa shape index (κ3) is 5.62. The van der Waals surface area contributed by atoms with Gasteiger partial charge in [-0.1, -0.05) is 48.2 Å². The van der Waals surface area contributed by atoms with Crippen LogP contribution in [0.25, 0.3) is 0 Å². The molecule has 0 aliphatic rings. The van der Waals surface area contributed by atoms with Crippen LogP contribution in [-0.4, -0.2) is 23.8 Å². The van der Waals surface area contributed by atoms with Crippen molar-refractivity contribution in [2.24, 2.45) is 0 Å². The summed E-state index contributed by atoms with van der Waals surface area (Å²) in [6, 6.07) is 22.6. The molecule has 6 nitrogen and oxygen atoms in total. The minimum Gasteiger partial charge on any atom is -0.449 e. The number of Topliss-reactive ketones (excluding diaryl/α,β-unsaturated/α-hetero) is 1. The lowest BCUT2D eigenvalue weighted by Crippen LogP contribution is -2.30. The van der Waals surface area contributed by atoms with Gasteiger partial charge in [-0.05, 0) is 50.2 Å². The Morgan fingerprint density at radius 2 is 1.66 bits per heavy atom. The topological polar surface area (TPSA) is 96.3 Å². The van der Waals surface area contributed by atoms with E-state index in [4.69, 9.17) is 4.74 Å². The summed E-state index contributed by atoms with van der Waals surface area (Å²) >= 11 is 1.28. The predicted molar refractivity (Wildman–Crippen MR) is 122 cm³/mol. The molecule has 160 valence electrons. The molecule has 7 heteroatoms. The van der Waals surface area contributed by atoms with Crippen LogP contribution in [0.1, 0.15) is 40.1 Å². The van der Waals surface area contributed by atoms with Crippen molar-refractivity contribution < 1.29 is 19.1 Å². The first-order valence-corrected chi connectivity index (χ1v) is 10.6. The molecule has 3 aromatic carbocycles. The lowest BCUT2D eigenvalue weighted by atomic mass is 10.1. The zero-order valence-corrected chi connectivity index (χ0v) is 18.3. The van der Waals surface area contributed by atoms with Crippen LogP contribution in [-0.2, 0) is 9.53 Å². The van der Waals surface area contributed by atoms with Crippen molar-refractivity contribution in [2.75, 3.05) is 5.32 Å². The Kier molecular flexibility index (Phi) is 7.42. The summed E-state index contributed by atoms with van der Waals surface area (Å²) in [6.45, 7) is 2.92. The van der Waals surface area contributed by atoms with Gasteiger partial charge in [-0.25, -0.2) is 4.79 Å². The van der Waals surface area contributed by atoms with Crippen molar-refractivity contribution in [3.8, 4) is 6.07 Å². The summed E-state index contributed by atoms with van der Waals surface area (Å²) in [7, 11) is 0. The number of carbonyl (C=O) groups is 3. The number of ether oxygens (including phenoxy) is 1. The summed E-state index contributed by atoms with van der Waals surface area (Å²) in [5, 5.41) is 12.0. The van der Waals surface area contributed by atoms with Crippen molar-refractivity contribution in [3.63, 3.8) is 0 Å². The standard InChI is InChI=1S/C25H20N2O4S/c1-16(28)18-9-7-10-20(14-18)27-24(29)17(2)31-25(30)21-11-4-6-13-23(21)32-22-12-5-3-8-19(22)15-26/h3-14,17H,1-2H3,(H,27,29)/t17-/m1/s1. The molecule has 0 radical (unpaired) electrons. The van der Waals surface area contributed by atoms with Crippen LogP contribution in [0.2, 0.25) is 0 Å². The zero-order valence-electron chi connectivity index (χ0n) is 17.5. The van der Waals surface area contributed by atoms with E-state index in [1.807, 2.05) is 6.07 Å². The van der Waals surface area contributed by atoms with Crippen molar-refractivity contribution in [3.05, 3.63) is 89.5 Å². The van der Waals surface area contributed by atoms with Crippen LogP contribution in [0.5, 0.6) is 0 Å². The van der Waals surface area contributed by atoms with E-state index in [0.29, 0.717) is 32.2 Å². The predicted octanol–water partition coefficient (Wildman–Crippen LogP) is 5.10. The molecule has 3 aromatic rings. The Balaban J connectivity index is 1.72. The highest BCUT2D eigenvalue weighted by Crippen LogP contribution is 2.33. The fourth-order valence-corrected chi connectivity index (χ4v) is 3.84. The Bertz CT molecular complexity index is 1220. The number of rotatable bonds is 7. The Morgan fingerprint density at radius 3 is 2.38 bits per heavy atom. The number of nitriles is 1. The molecule has 0 saturated carbocycles. The van der Waals surface area contributed by atoms with Crippen LogP contribution < -0.4 is 5.32 Å². The molecule has 3 rings (SSSR count). The molecule has 1 atom stereocenters. The maximum atomic E-state index is 12.8. The Morgan fingerprint density at radius 1 is 0.969 bits per heavy atom. The molecule has 1 amide bonds. The summed E-state index contributed by atoms with van der Waals surface area (Å²) in [5.74, 6) is -1.28. The summed E-state index contributed by atoms with van der Waals surface area (Å²) in [5.41, 5.74) is 1.70. The van der Waals surface area contributed by atoms with Gasteiger partial charge in [-0.3, -0.25) is 9.59 Å². The lowest BCUT2D eigenvalue weighted by molar-refractivity contribution is -0.123. The fourth-order valence-electron chi connectivity index (χ4n) is 2.83. The number of benzene rings is 3.